The first-order valence-electron chi connectivity index (χ1n) is 15.9. The lowest BCUT2D eigenvalue weighted by Crippen LogP contribution is -2.42. The number of fused-ring (bicyclic) bond motifs is 9. The Hall–Kier alpha value is -4.68. The number of aromatic nitrogens is 1. The van der Waals surface area contributed by atoms with Gasteiger partial charge in [0.2, 0.25) is 11.8 Å². The molecular weight excluding hydrogens is 651 g/mol. The summed E-state index contributed by atoms with van der Waals surface area (Å²) in [4.78, 5) is 70.6. The number of nitrogens with one attached hydrogen (secondary N) is 2. The van der Waals surface area contributed by atoms with Crippen LogP contribution in [-0.2, 0) is 19.1 Å². The number of esters is 1. The Morgan fingerprint density at radius 1 is 0.938 bits per heavy atom. The fraction of sp³-hybridized carbons (Fsp3) is 0.306. The second-order valence-corrected chi connectivity index (χ2v) is 14.7. The average Bonchev–Trinajstić information content (AvgIpc) is 3.83. The quantitative estimate of drug-likeness (QED) is 0.189. The van der Waals surface area contributed by atoms with E-state index in [0.29, 0.717) is 22.7 Å². The van der Waals surface area contributed by atoms with Gasteiger partial charge in [-0.2, -0.15) is 0 Å². The Bertz CT molecular complexity index is 1990. The van der Waals surface area contributed by atoms with E-state index >= 15 is 0 Å². The van der Waals surface area contributed by atoms with Gasteiger partial charge in [0.1, 0.15) is 5.75 Å². The van der Waals surface area contributed by atoms with Crippen molar-refractivity contribution < 1.29 is 28.7 Å². The molecule has 3 fully saturated rings. The van der Waals surface area contributed by atoms with E-state index in [-0.39, 0.29) is 64.7 Å². The topological polar surface area (TPSA) is 135 Å². The van der Waals surface area contributed by atoms with Crippen LogP contribution in [0.5, 0.6) is 5.75 Å². The number of thiazole rings is 1. The number of nitrogens with zero attached hydrogens (tertiary/aromatic N) is 1. The van der Waals surface area contributed by atoms with Crippen molar-refractivity contribution in [3.8, 4) is 5.75 Å². The smallest absolute Gasteiger partial charge is 0.338 e. The number of hydrogen-bond donors (Lipinski definition) is 2. The third kappa shape index (κ3) is 5.05. The molecule has 1 aromatic heterocycles. The summed E-state index contributed by atoms with van der Waals surface area (Å²) in [6.45, 7) is 1.81. The SMILES string of the molecule is CCOC(=O)c1ccc(N2C(=O)C3C4CC(C3C2=O)C2C4Sc3[nH]c(=O)sc3[C@@H]2c2cccc(OCC(=O)Nc3ccccc3)c2)cc1. The molecule has 1 saturated heterocycles. The maximum Gasteiger partial charge on any atom is 0.338 e. The maximum absolute atomic E-state index is 14.1. The zero-order chi connectivity index (χ0) is 33.1. The number of thioether (sulfide) groups is 1. The van der Waals surface area contributed by atoms with Gasteiger partial charge in [-0.25, -0.2) is 4.79 Å². The standard InChI is InChI=1S/C36H31N3O7S2/c1-2-45-35(43)18-11-13-21(14-12-18)39-33(41)28-23-16-24(29(28)34(39)42)30-27(23)26(31-32(47-30)38-36(44)48-31)19-7-6-10-22(15-19)46-17-25(40)37-20-8-4-3-5-9-20/h3-15,23-24,26-30H,2,16-17H2,1H3,(H,37,40)(H,38,44)/t23?,24?,26-,27?,28?,29?,30?/m1/s1. The number of benzene rings is 3. The molecule has 10 nitrogen and oxygen atoms in total. The first-order valence-corrected chi connectivity index (χ1v) is 17.6. The molecule has 12 heteroatoms. The number of H-pyrrole nitrogens is 1. The highest BCUT2D eigenvalue weighted by Gasteiger charge is 2.69. The molecule has 0 radical (unpaired) electrons. The van der Waals surface area contributed by atoms with Crippen LogP contribution >= 0.6 is 23.1 Å². The van der Waals surface area contributed by atoms with Crippen molar-refractivity contribution in [2.24, 2.45) is 29.6 Å². The molecule has 2 bridgehead atoms. The fourth-order valence-electron chi connectivity index (χ4n) is 8.27. The minimum Gasteiger partial charge on any atom is -0.484 e. The Balaban J connectivity index is 1.07. The van der Waals surface area contributed by atoms with Crippen molar-refractivity contribution in [2.75, 3.05) is 23.4 Å². The number of carbonyl (C=O) groups excluding carboxylic acids is 4. The normalized spacial score (nSPS) is 26.5. The van der Waals surface area contributed by atoms with E-state index in [1.165, 1.54) is 16.2 Å². The van der Waals surface area contributed by atoms with E-state index in [9.17, 15) is 24.0 Å². The van der Waals surface area contributed by atoms with Crippen molar-refractivity contribution >= 4 is 58.2 Å². The molecule has 2 saturated carbocycles. The van der Waals surface area contributed by atoms with Crippen LogP contribution in [0.2, 0.25) is 0 Å². The predicted molar refractivity (Wildman–Crippen MR) is 180 cm³/mol. The Morgan fingerprint density at radius 3 is 2.44 bits per heavy atom. The lowest BCUT2D eigenvalue weighted by Gasteiger charge is -2.43. The lowest BCUT2D eigenvalue weighted by atomic mass is 9.68. The van der Waals surface area contributed by atoms with Gasteiger partial charge in [-0.1, -0.05) is 41.7 Å². The number of para-hydroxylation sites is 1. The highest BCUT2D eigenvalue weighted by atomic mass is 32.2. The second-order valence-electron chi connectivity index (χ2n) is 12.5. The van der Waals surface area contributed by atoms with E-state index in [1.807, 2.05) is 36.4 Å². The van der Waals surface area contributed by atoms with Crippen molar-refractivity contribution in [3.63, 3.8) is 0 Å². The number of anilines is 2. The summed E-state index contributed by atoms with van der Waals surface area (Å²) in [6, 6.07) is 23.2. The predicted octanol–water partition coefficient (Wildman–Crippen LogP) is 5.31. The summed E-state index contributed by atoms with van der Waals surface area (Å²) in [5.74, 6) is -1.79. The van der Waals surface area contributed by atoms with Gasteiger partial charge in [-0.15, -0.1) is 11.8 Å². The molecule has 7 atom stereocenters. The van der Waals surface area contributed by atoms with Crippen LogP contribution in [0, 0.1) is 29.6 Å². The zero-order valence-electron chi connectivity index (χ0n) is 25.8. The minimum absolute atomic E-state index is 0.0136. The van der Waals surface area contributed by atoms with Crippen LogP contribution in [0.15, 0.2) is 88.7 Å². The van der Waals surface area contributed by atoms with Gasteiger partial charge in [-0.05, 0) is 85.2 Å². The number of hydrogen-bond acceptors (Lipinski definition) is 9. The number of imide groups is 1. The first-order chi connectivity index (χ1) is 23.3. The summed E-state index contributed by atoms with van der Waals surface area (Å²) in [5.41, 5.74) is 2.43. The summed E-state index contributed by atoms with van der Waals surface area (Å²) in [5, 5.41) is 3.67. The number of ether oxygens (including phenoxy) is 2. The summed E-state index contributed by atoms with van der Waals surface area (Å²) in [6.07, 6.45) is 0.760. The van der Waals surface area contributed by atoms with E-state index in [0.717, 1.165) is 21.9 Å². The Labute approximate surface area is 283 Å². The molecule has 2 aliphatic carbocycles. The van der Waals surface area contributed by atoms with Crippen molar-refractivity contribution in [1.82, 2.24) is 4.98 Å². The molecule has 4 aromatic rings. The van der Waals surface area contributed by atoms with Crippen LogP contribution < -0.4 is 19.8 Å². The minimum atomic E-state index is -0.463. The number of carbonyl (C=O) groups is 4. The molecule has 48 heavy (non-hydrogen) atoms. The van der Waals surface area contributed by atoms with Gasteiger partial charge < -0.3 is 19.8 Å². The molecular formula is C36H31N3O7S2. The summed E-state index contributed by atoms with van der Waals surface area (Å²) >= 11 is 2.81. The lowest BCUT2D eigenvalue weighted by molar-refractivity contribution is -0.123. The number of aromatic amines is 1. The molecule has 3 amide bonds. The largest absolute Gasteiger partial charge is 0.484 e. The zero-order valence-corrected chi connectivity index (χ0v) is 27.4. The third-order valence-electron chi connectivity index (χ3n) is 10.0. The molecule has 6 unspecified atom stereocenters. The van der Waals surface area contributed by atoms with Crippen LogP contribution in [0.25, 0.3) is 0 Å². The van der Waals surface area contributed by atoms with E-state index in [4.69, 9.17) is 9.47 Å². The van der Waals surface area contributed by atoms with Crippen molar-refractivity contribution in [3.05, 3.63) is 105 Å². The number of rotatable bonds is 8. The van der Waals surface area contributed by atoms with Crippen molar-refractivity contribution in [1.29, 1.82) is 0 Å². The number of amides is 3. The van der Waals surface area contributed by atoms with Gasteiger partial charge in [0.15, 0.2) is 6.61 Å². The molecule has 8 rings (SSSR count). The van der Waals surface area contributed by atoms with Gasteiger partial charge >= 0.3 is 10.8 Å². The molecule has 3 heterocycles. The van der Waals surface area contributed by atoms with E-state index in [1.54, 1.807) is 61.2 Å². The Kier molecular flexibility index (Phi) is 7.72. The fourth-order valence-corrected chi connectivity index (χ4v) is 11.2. The molecule has 2 aliphatic heterocycles. The molecule has 2 N–H and O–H groups in total. The maximum atomic E-state index is 14.1. The van der Waals surface area contributed by atoms with Gasteiger partial charge in [-0.3, -0.25) is 24.1 Å². The molecule has 244 valence electrons. The first kappa shape index (κ1) is 30.6. The molecule has 0 spiro atoms. The summed E-state index contributed by atoms with van der Waals surface area (Å²) < 4.78 is 11.0. The average molecular weight is 682 g/mol. The Morgan fingerprint density at radius 2 is 1.69 bits per heavy atom. The monoisotopic (exact) mass is 681 g/mol. The van der Waals surface area contributed by atoms with Crippen LogP contribution in [0.4, 0.5) is 11.4 Å². The van der Waals surface area contributed by atoms with Crippen LogP contribution in [0.1, 0.15) is 40.1 Å². The second kappa shape index (κ2) is 12.1. The highest BCUT2D eigenvalue weighted by molar-refractivity contribution is 8.00. The van der Waals surface area contributed by atoms with Crippen LogP contribution in [0.3, 0.4) is 0 Å². The van der Waals surface area contributed by atoms with E-state index < -0.39 is 17.8 Å². The summed E-state index contributed by atoms with van der Waals surface area (Å²) in [7, 11) is 0. The van der Waals surface area contributed by atoms with Gasteiger partial charge in [0, 0.05) is 21.7 Å². The van der Waals surface area contributed by atoms with Crippen LogP contribution in [-0.4, -0.2) is 47.1 Å². The van der Waals surface area contributed by atoms with Gasteiger partial charge in [0.25, 0.3) is 5.91 Å². The molecule has 3 aromatic carbocycles. The highest BCUT2D eigenvalue weighted by Crippen LogP contribution is 2.68. The van der Waals surface area contributed by atoms with Gasteiger partial charge in [0.05, 0.1) is 34.7 Å². The van der Waals surface area contributed by atoms with Crippen molar-refractivity contribution in [2.45, 2.75) is 29.5 Å². The molecule has 4 aliphatic rings. The third-order valence-corrected chi connectivity index (χ3v) is 12.6. The van der Waals surface area contributed by atoms with E-state index in [2.05, 4.69) is 10.3 Å².